The lowest BCUT2D eigenvalue weighted by molar-refractivity contribution is 1.13. The fraction of sp³-hybridized carbons (Fsp3) is 0.222. The summed E-state index contributed by atoms with van der Waals surface area (Å²) in [5.74, 6) is 0. The Labute approximate surface area is 66.7 Å². The molecule has 0 spiro atoms. The zero-order valence-electron chi connectivity index (χ0n) is 6.41. The van der Waals surface area contributed by atoms with E-state index in [1.807, 2.05) is 25.2 Å². The molecule has 0 aliphatic carbocycles. The van der Waals surface area contributed by atoms with Gasteiger partial charge in [0, 0.05) is 0 Å². The molecule has 1 heterocycles. The minimum Gasteiger partial charge on any atom is -0.674 e. The number of nitrogens with zero attached hydrogens (tertiary/aromatic N) is 2. The first kappa shape index (κ1) is 7.62. The summed E-state index contributed by atoms with van der Waals surface area (Å²) in [6, 6.07) is 0. The lowest BCUT2D eigenvalue weighted by Gasteiger charge is -2.22. The van der Waals surface area contributed by atoms with Gasteiger partial charge in [0.05, 0.1) is 6.57 Å². The molecule has 11 heavy (non-hydrogen) atoms. The quantitative estimate of drug-likeness (QED) is 0.505. The molecule has 1 aliphatic heterocycles. The topological polar surface area (TPSA) is 18.5 Å². The number of rotatable bonds is 1. The van der Waals surface area contributed by atoms with E-state index in [0.29, 0.717) is 0 Å². The molecule has 0 saturated carbocycles. The highest BCUT2D eigenvalue weighted by Crippen LogP contribution is 2.20. The van der Waals surface area contributed by atoms with E-state index in [4.69, 9.17) is 6.57 Å². The Morgan fingerprint density at radius 2 is 2.45 bits per heavy atom. The smallest absolute Gasteiger partial charge is 0.150 e. The van der Waals surface area contributed by atoms with Crippen molar-refractivity contribution in [3.05, 3.63) is 52.6 Å². The fourth-order valence-corrected chi connectivity index (χ4v) is 0.851. The van der Waals surface area contributed by atoms with Crippen LogP contribution in [0.2, 0.25) is 0 Å². The van der Waals surface area contributed by atoms with E-state index in [2.05, 4.69) is 10.2 Å². The van der Waals surface area contributed by atoms with Crippen molar-refractivity contribution in [3.63, 3.8) is 0 Å². The molecule has 0 amide bonds. The van der Waals surface area contributed by atoms with Gasteiger partial charge in [-0.2, -0.15) is 6.20 Å². The Morgan fingerprint density at radius 3 is 2.91 bits per heavy atom. The van der Waals surface area contributed by atoms with E-state index >= 15 is 0 Å². The molecule has 0 N–H and O–H groups in total. The molecule has 0 fully saturated rings. The Kier molecular flexibility index (Phi) is 2.51. The largest absolute Gasteiger partial charge is 0.674 e. The first-order valence-corrected chi connectivity index (χ1v) is 3.53. The first-order chi connectivity index (χ1) is 5.38. The molecule has 0 aromatic rings. The summed E-state index contributed by atoms with van der Waals surface area (Å²) in [4.78, 5) is 3.38. The summed E-state index contributed by atoms with van der Waals surface area (Å²) >= 11 is 0. The van der Waals surface area contributed by atoms with Crippen molar-refractivity contribution < 1.29 is 0 Å². The molecule has 1 rings (SSSR count). The lowest BCUT2D eigenvalue weighted by atomic mass is 10.2. The monoisotopic (exact) mass is 145 g/mol. The van der Waals surface area contributed by atoms with Crippen LogP contribution < -0.4 is 0 Å². The van der Waals surface area contributed by atoms with Crippen LogP contribution in [0.4, 0.5) is 0 Å². The summed E-state index contributed by atoms with van der Waals surface area (Å²) in [5, 5.41) is 4.07. The second-order valence-corrected chi connectivity index (χ2v) is 2.13. The number of allylic oxidation sites excluding steroid dienone is 4. The Morgan fingerprint density at radius 1 is 1.64 bits per heavy atom. The fourth-order valence-electron chi connectivity index (χ4n) is 0.851. The SMILES string of the molecule is [C-]#[N+]C(CC)=C1C=CC=C[N-]1. The Balaban J connectivity index is 2.88. The van der Waals surface area contributed by atoms with E-state index in [1.165, 1.54) is 0 Å². The van der Waals surface area contributed by atoms with Gasteiger partial charge in [-0.25, -0.2) is 4.85 Å². The molecule has 0 atom stereocenters. The van der Waals surface area contributed by atoms with Crippen molar-refractivity contribution in [2.75, 3.05) is 0 Å². The molecule has 2 heteroatoms. The zero-order valence-corrected chi connectivity index (χ0v) is 6.41. The van der Waals surface area contributed by atoms with Crippen LogP contribution in [-0.4, -0.2) is 0 Å². The Hall–Kier alpha value is -1.49. The van der Waals surface area contributed by atoms with Gasteiger partial charge in [0.25, 0.3) is 0 Å². The maximum absolute atomic E-state index is 6.85. The van der Waals surface area contributed by atoms with Crippen LogP contribution in [0.25, 0.3) is 10.2 Å². The van der Waals surface area contributed by atoms with Gasteiger partial charge in [-0.1, -0.05) is 25.2 Å². The molecule has 0 aromatic carbocycles. The maximum Gasteiger partial charge on any atom is 0.150 e. The van der Waals surface area contributed by atoms with Gasteiger partial charge in [0.1, 0.15) is 0 Å². The highest BCUT2D eigenvalue weighted by Gasteiger charge is 1.92. The van der Waals surface area contributed by atoms with Crippen molar-refractivity contribution in [1.29, 1.82) is 0 Å². The molecule has 56 valence electrons. The van der Waals surface area contributed by atoms with Crippen LogP contribution in [0.1, 0.15) is 13.3 Å². The van der Waals surface area contributed by atoms with Gasteiger partial charge in [0.2, 0.25) is 0 Å². The number of hydrogen-bond acceptors (Lipinski definition) is 0. The minimum absolute atomic E-state index is 0.727. The van der Waals surface area contributed by atoms with Crippen LogP contribution in [0.5, 0.6) is 0 Å². The first-order valence-electron chi connectivity index (χ1n) is 3.53. The van der Waals surface area contributed by atoms with Crippen LogP contribution in [0.15, 0.2) is 35.8 Å². The average Bonchev–Trinajstić information content (AvgIpc) is 2.09. The molecule has 0 bridgehead atoms. The van der Waals surface area contributed by atoms with E-state index < -0.39 is 0 Å². The minimum atomic E-state index is 0.727. The lowest BCUT2D eigenvalue weighted by Crippen LogP contribution is -1.83. The third-order valence-corrected chi connectivity index (χ3v) is 1.43. The average molecular weight is 145 g/mol. The summed E-state index contributed by atoms with van der Waals surface area (Å²) in [6.45, 7) is 8.81. The van der Waals surface area contributed by atoms with Crippen LogP contribution in [0, 0.1) is 6.57 Å². The van der Waals surface area contributed by atoms with Crippen molar-refractivity contribution in [1.82, 2.24) is 0 Å². The standard InChI is InChI=1S/C9H9N2/c1-3-8(10-2)9-6-4-5-7-11-9/h4-7H,3H2,1H3/q-1. The number of hydrogen-bond donors (Lipinski definition) is 0. The molecule has 1 aliphatic rings. The van der Waals surface area contributed by atoms with Crippen LogP contribution in [0.3, 0.4) is 0 Å². The van der Waals surface area contributed by atoms with E-state index in [0.717, 1.165) is 17.8 Å². The normalized spacial score (nSPS) is 18.9. The highest BCUT2D eigenvalue weighted by molar-refractivity contribution is 5.45. The van der Waals surface area contributed by atoms with Crippen LogP contribution in [-0.2, 0) is 0 Å². The predicted octanol–water partition coefficient (Wildman–Crippen LogP) is 2.98. The van der Waals surface area contributed by atoms with E-state index in [9.17, 15) is 0 Å². The third kappa shape index (κ3) is 1.71. The van der Waals surface area contributed by atoms with Crippen molar-refractivity contribution in [2.24, 2.45) is 0 Å². The molecule has 0 radical (unpaired) electrons. The molecular formula is C9H9N2-. The summed E-state index contributed by atoms with van der Waals surface area (Å²) in [7, 11) is 0. The molecule has 0 saturated heterocycles. The van der Waals surface area contributed by atoms with Gasteiger partial charge in [-0.15, -0.1) is 5.70 Å². The molecular weight excluding hydrogens is 136 g/mol. The second-order valence-electron chi connectivity index (χ2n) is 2.13. The van der Waals surface area contributed by atoms with Gasteiger partial charge >= 0.3 is 0 Å². The Bertz CT molecular complexity index is 264. The maximum atomic E-state index is 6.85. The summed E-state index contributed by atoms with van der Waals surface area (Å²) in [5.41, 5.74) is 1.52. The molecule has 2 nitrogen and oxygen atoms in total. The van der Waals surface area contributed by atoms with E-state index in [1.54, 1.807) is 6.20 Å². The van der Waals surface area contributed by atoms with E-state index in [-0.39, 0.29) is 0 Å². The van der Waals surface area contributed by atoms with Crippen molar-refractivity contribution in [2.45, 2.75) is 13.3 Å². The van der Waals surface area contributed by atoms with Crippen LogP contribution >= 0.6 is 0 Å². The third-order valence-electron chi connectivity index (χ3n) is 1.43. The van der Waals surface area contributed by atoms with Gasteiger partial charge < -0.3 is 5.32 Å². The highest BCUT2D eigenvalue weighted by atomic mass is 14.9. The van der Waals surface area contributed by atoms with Crippen molar-refractivity contribution in [3.8, 4) is 0 Å². The van der Waals surface area contributed by atoms with Gasteiger partial charge in [-0.05, 0) is 6.42 Å². The summed E-state index contributed by atoms with van der Waals surface area (Å²) < 4.78 is 0. The van der Waals surface area contributed by atoms with Gasteiger partial charge in [-0.3, -0.25) is 0 Å². The van der Waals surface area contributed by atoms with Gasteiger partial charge in [0.15, 0.2) is 5.70 Å². The second kappa shape index (κ2) is 3.62. The summed E-state index contributed by atoms with van der Waals surface area (Å²) in [6.07, 6.45) is 8.05. The molecule has 0 aromatic heterocycles. The predicted molar refractivity (Wildman–Crippen MR) is 45.6 cm³/mol. The zero-order chi connectivity index (χ0) is 8.10. The van der Waals surface area contributed by atoms with Crippen molar-refractivity contribution >= 4 is 0 Å². The molecule has 0 unspecified atom stereocenters.